The second kappa shape index (κ2) is 8.82. The van der Waals surface area contributed by atoms with Crippen molar-refractivity contribution in [2.24, 2.45) is 0 Å². The minimum Gasteiger partial charge on any atom is -0.495 e. The third-order valence-electron chi connectivity index (χ3n) is 6.13. The molecule has 1 atom stereocenters. The molecule has 1 aromatic heterocycles. The Kier molecular flexibility index (Phi) is 6.26. The van der Waals surface area contributed by atoms with Gasteiger partial charge in [0.2, 0.25) is 0 Å². The maximum Gasteiger partial charge on any atom is 0.322 e. The van der Waals surface area contributed by atoms with E-state index in [1.165, 1.54) is 0 Å². The molecule has 2 amide bonds. The van der Waals surface area contributed by atoms with Gasteiger partial charge in [0.15, 0.2) is 9.84 Å². The van der Waals surface area contributed by atoms with Gasteiger partial charge in [-0.25, -0.2) is 13.2 Å². The van der Waals surface area contributed by atoms with Crippen LogP contribution in [0.5, 0.6) is 5.75 Å². The predicted molar refractivity (Wildman–Crippen MR) is 125 cm³/mol. The number of halogens is 1. The quantitative estimate of drug-likeness (QED) is 0.721. The largest absolute Gasteiger partial charge is 0.495 e. The van der Waals surface area contributed by atoms with Crippen molar-refractivity contribution in [2.75, 3.05) is 55.0 Å². The van der Waals surface area contributed by atoms with Crippen LogP contribution < -0.4 is 15.0 Å². The summed E-state index contributed by atoms with van der Waals surface area (Å²) in [5.74, 6) is 0.917. The lowest BCUT2D eigenvalue weighted by molar-refractivity contribution is 0.208. The number of nitrogens with zero attached hydrogens (tertiary/aromatic N) is 4. The molecule has 3 heterocycles. The lowest BCUT2D eigenvalue weighted by atomic mass is 10.2. The number of rotatable bonds is 4. The predicted octanol–water partition coefficient (Wildman–Crippen LogP) is 2.88. The summed E-state index contributed by atoms with van der Waals surface area (Å²) < 4.78 is 31.0. The Bertz CT molecular complexity index is 1130. The van der Waals surface area contributed by atoms with Crippen molar-refractivity contribution in [1.29, 1.82) is 0 Å². The van der Waals surface area contributed by atoms with Crippen LogP contribution in [0.15, 0.2) is 18.2 Å². The number of aryl methyl sites for hydroxylation is 1. The Morgan fingerprint density at radius 3 is 2.56 bits per heavy atom. The van der Waals surface area contributed by atoms with Gasteiger partial charge in [-0.3, -0.25) is 4.68 Å². The van der Waals surface area contributed by atoms with Crippen molar-refractivity contribution in [1.82, 2.24) is 14.7 Å². The van der Waals surface area contributed by atoms with Gasteiger partial charge in [0.1, 0.15) is 5.75 Å². The number of benzene rings is 1. The van der Waals surface area contributed by atoms with Gasteiger partial charge in [0.05, 0.1) is 47.4 Å². The average Bonchev–Trinajstić information content (AvgIpc) is 3.26. The number of urea groups is 1. The van der Waals surface area contributed by atoms with E-state index in [2.05, 4.69) is 15.3 Å². The molecule has 0 radical (unpaired) electrons. The highest BCUT2D eigenvalue weighted by molar-refractivity contribution is 7.91. The average molecular weight is 482 g/mol. The van der Waals surface area contributed by atoms with E-state index >= 15 is 0 Å². The van der Waals surface area contributed by atoms with Gasteiger partial charge in [0.25, 0.3) is 0 Å². The molecule has 0 aliphatic carbocycles. The molecule has 2 fully saturated rings. The molecule has 1 unspecified atom stereocenters. The molecule has 2 aromatic rings. The van der Waals surface area contributed by atoms with Crippen molar-refractivity contribution in [2.45, 2.75) is 26.3 Å². The summed E-state index contributed by atoms with van der Waals surface area (Å²) in [5.41, 5.74) is 3.43. The highest BCUT2D eigenvalue weighted by Crippen LogP contribution is 2.32. The minimum absolute atomic E-state index is 0.104. The third kappa shape index (κ3) is 4.52. The van der Waals surface area contributed by atoms with E-state index in [1.54, 1.807) is 30.2 Å². The fourth-order valence-electron chi connectivity index (χ4n) is 4.54. The first-order valence-electron chi connectivity index (χ1n) is 10.6. The number of sulfone groups is 1. The van der Waals surface area contributed by atoms with Crippen LogP contribution >= 0.6 is 11.6 Å². The van der Waals surface area contributed by atoms with Gasteiger partial charge in [-0.05, 0) is 38.5 Å². The third-order valence-corrected chi connectivity index (χ3v) is 8.11. The number of anilines is 2. The Morgan fingerprint density at radius 2 is 1.94 bits per heavy atom. The number of carbonyl (C=O) groups excluding carboxylic acids is 1. The molecule has 2 aliphatic rings. The number of nitrogens with one attached hydrogen (secondary N) is 1. The van der Waals surface area contributed by atoms with Gasteiger partial charge >= 0.3 is 6.03 Å². The highest BCUT2D eigenvalue weighted by Gasteiger charge is 2.33. The second-order valence-electron chi connectivity index (χ2n) is 8.27. The molecule has 32 heavy (non-hydrogen) atoms. The number of methoxy groups -OCH3 is 1. The standard InChI is InChI=1S/C21H28ClN5O4S/c1-14-20(15(2)27(24-14)17-6-11-32(29,30)13-17)25-7-9-26(10-8-25)21(28)23-18-12-16(22)4-5-19(18)31-3/h4-5,12,17H,6-11,13H2,1-3H3,(H,23,28). The summed E-state index contributed by atoms with van der Waals surface area (Å²) >= 11 is 6.06. The van der Waals surface area contributed by atoms with Crippen molar-refractivity contribution in [3.8, 4) is 5.75 Å². The van der Waals surface area contributed by atoms with Gasteiger partial charge in [-0.1, -0.05) is 11.6 Å². The number of amides is 2. The molecule has 4 rings (SSSR count). The number of piperazine rings is 1. The number of carbonyl (C=O) groups is 1. The Hall–Kier alpha value is -2.46. The summed E-state index contributed by atoms with van der Waals surface area (Å²) in [6.07, 6.45) is 0.602. The van der Waals surface area contributed by atoms with Crippen molar-refractivity contribution < 1.29 is 17.9 Å². The summed E-state index contributed by atoms with van der Waals surface area (Å²) in [5, 5.41) is 8.06. The number of aromatic nitrogens is 2. The molecule has 9 nitrogen and oxygen atoms in total. The van der Waals surface area contributed by atoms with Crippen LogP contribution in [0.2, 0.25) is 5.02 Å². The van der Waals surface area contributed by atoms with Crippen molar-refractivity contribution in [3.05, 3.63) is 34.6 Å². The molecule has 0 bridgehead atoms. The molecule has 174 valence electrons. The zero-order chi connectivity index (χ0) is 23.0. The second-order valence-corrected chi connectivity index (χ2v) is 10.9. The number of hydrogen-bond donors (Lipinski definition) is 1. The SMILES string of the molecule is COc1ccc(Cl)cc1NC(=O)N1CCN(c2c(C)nn(C3CCS(=O)(=O)C3)c2C)CC1. The van der Waals surface area contributed by atoms with Crippen LogP contribution in [-0.4, -0.2) is 73.9 Å². The molecule has 0 saturated carbocycles. The van der Waals surface area contributed by atoms with Crippen LogP contribution in [-0.2, 0) is 9.84 Å². The van der Waals surface area contributed by atoms with Crippen LogP contribution in [0.25, 0.3) is 0 Å². The molecule has 2 saturated heterocycles. The van der Waals surface area contributed by atoms with Crippen molar-refractivity contribution >= 4 is 38.8 Å². The smallest absolute Gasteiger partial charge is 0.322 e. The van der Waals surface area contributed by atoms with Crippen LogP contribution in [0, 0.1) is 13.8 Å². The summed E-state index contributed by atoms with van der Waals surface area (Å²) in [6.45, 7) is 6.37. The van der Waals surface area contributed by atoms with Crippen LogP contribution in [0.3, 0.4) is 0 Å². The first-order chi connectivity index (χ1) is 15.2. The fraction of sp³-hybridized carbons (Fsp3) is 0.524. The van der Waals surface area contributed by atoms with E-state index in [-0.39, 0.29) is 23.6 Å². The number of hydrogen-bond acceptors (Lipinski definition) is 6. The maximum absolute atomic E-state index is 12.8. The van der Waals surface area contributed by atoms with Crippen molar-refractivity contribution in [3.63, 3.8) is 0 Å². The van der Waals surface area contributed by atoms with E-state index in [0.717, 1.165) is 17.1 Å². The zero-order valence-electron chi connectivity index (χ0n) is 18.5. The summed E-state index contributed by atoms with van der Waals surface area (Å²) in [7, 11) is -1.44. The Balaban J connectivity index is 1.42. The topological polar surface area (TPSA) is 96.8 Å². The first kappa shape index (κ1) is 22.7. The zero-order valence-corrected chi connectivity index (χ0v) is 20.0. The van der Waals surface area contributed by atoms with Gasteiger partial charge < -0.3 is 19.9 Å². The van der Waals surface area contributed by atoms with Crippen LogP contribution in [0.4, 0.5) is 16.2 Å². The molecule has 2 aliphatic heterocycles. The Morgan fingerprint density at radius 1 is 1.22 bits per heavy atom. The molecule has 11 heteroatoms. The summed E-state index contributed by atoms with van der Waals surface area (Å²) in [4.78, 5) is 16.8. The Labute approximate surface area is 193 Å². The highest BCUT2D eigenvalue weighted by atomic mass is 35.5. The molecular weight excluding hydrogens is 454 g/mol. The van der Waals surface area contributed by atoms with E-state index in [4.69, 9.17) is 16.3 Å². The molecule has 1 N–H and O–H groups in total. The van der Waals surface area contributed by atoms with E-state index in [1.807, 2.05) is 18.5 Å². The maximum atomic E-state index is 12.8. The molecule has 0 spiro atoms. The lowest BCUT2D eigenvalue weighted by Gasteiger charge is -2.36. The van der Waals surface area contributed by atoms with Gasteiger partial charge in [0, 0.05) is 31.2 Å². The van der Waals surface area contributed by atoms with Gasteiger partial charge in [-0.15, -0.1) is 0 Å². The van der Waals surface area contributed by atoms with Crippen LogP contribution in [0.1, 0.15) is 23.9 Å². The monoisotopic (exact) mass is 481 g/mol. The van der Waals surface area contributed by atoms with Gasteiger partial charge in [-0.2, -0.15) is 5.10 Å². The van der Waals surface area contributed by atoms with E-state index < -0.39 is 9.84 Å². The lowest BCUT2D eigenvalue weighted by Crippen LogP contribution is -2.50. The first-order valence-corrected chi connectivity index (χ1v) is 12.8. The number of ether oxygens (including phenoxy) is 1. The fourth-order valence-corrected chi connectivity index (χ4v) is 6.41. The normalized spacial score (nSPS) is 20.4. The minimum atomic E-state index is -2.98. The van der Waals surface area contributed by atoms with E-state index in [0.29, 0.717) is 49.1 Å². The van der Waals surface area contributed by atoms with E-state index in [9.17, 15) is 13.2 Å². The molecule has 1 aromatic carbocycles. The summed E-state index contributed by atoms with van der Waals surface area (Å²) in [6, 6.07) is 4.78. The molecular formula is C21H28ClN5O4S.